The lowest BCUT2D eigenvalue weighted by atomic mass is 10.1. The molecule has 4 rings (SSSR count). The smallest absolute Gasteiger partial charge is 0.268 e. The number of hydrogen-bond donors (Lipinski definition) is 2. The molecular weight excluding hydrogens is 396 g/mol. The molecule has 0 fully saturated rings. The number of rotatable bonds is 6. The van der Waals surface area contributed by atoms with E-state index in [1.165, 1.54) is 18.5 Å². The van der Waals surface area contributed by atoms with E-state index in [9.17, 15) is 13.6 Å². The Bertz CT molecular complexity index is 1270. The SMILES string of the molecule is COCCOc1ccnc(-c2cn(-c3c(F)cccc3F)c(=O)c3c(N)n[nH]c23)c1. The first-order valence-electron chi connectivity index (χ1n) is 8.93. The van der Waals surface area contributed by atoms with Crippen molar-refractivity contribution in [2.45, 2.75) is 0 Å². The number of H-pyrrole nitrogens is 1. The molecule has 0 aliphatic carbocycles. The molecule has 0 amide bonds. The Balaban J connectivity index is 1.95. The number of hydrogen-bond acceptors (Lipinski definition) is 6. The van der Waals surface area contributed by atoms with E-state index in [2.05, 4.69) is 15.2 Å². The summed E-state index contributed by atoms with van der Waals surface area (Å²) in [5, 5.41) is 6.58. The molecule has 154 valence electrons. The third-order valence-corrected chi connectivity index (χ3v) is 4.50. The predicted molar refractivity (Wildman–Crippen MR) is 107 cm³/mol. The maximum absolute atomic E-state index is 14.4. The molecule has 3 aromatic heterocycles. The topological polar surface area (TPSA) is 108 Å². The summed E-state index contributed by atoms with van der Waals surface area (Å²) in [7, 11) is 1.56. The van der Waals surface area contributed by atoms with Gasteiger partial charge in [-0.25, -0.2) is 8.78 Å². The van der Waals surface area contributed by atoms with Crippen LogP contribution in [0.25, 0.3) is 27.8 Å². The largest absolute Gasteiger partial charge is 0.491 e. The minimum absolute atomic E-state index is 0.00246. The standard InChI is InChI=1S/C20H17F2N5O3/c1-29-7-8-30-11-5-6-24-15(9-11)12-10-27(18-13(21)3-2-4-14(18)22)20(28)16-17(12)25-26-19(16)23/h2-6,9-10H,7-8H2,1H3,(H3,23,25,26). The highest BCUT2D eigenvalue weighted by Gasteiger charge is 2.21. The van der Waals surface area contributed by atoms with Crippen LogP contribution in [0.2, 0.25) is 0 Å². The van der Waals surface area contributed by atoms with Gasteiger partial charge in [0.15, 0.2) is 5.82 Å². The number of anilines is 1. The first kappa shape index (κ1) is 19.5. The summed E-state index contributed by atoms with van der Waals surface area (Å²) in [6.45, 7) is 0.725. The monoisotopic (exact) mass is 413 g/mol. The number of pyridine rings is 2. The van der Waals surface area contributed by atoms with Crippen molar-refractivity contribution < 1.29 is 18.3 Å². The quantitative estimate of drug-likeness (QED) is 0.471. The summed E-state index contributed by atoms with van der Waals surface area (Å²) in [6.07, 6.45) is 2.81. The van der Waals surface area contributed by atoms with Gasteiger partial charge >= 0.3 is 0 Å². The Morgan fingerprint density at radius 2 is 1.97 bits per heavy atom. The van der Waals surface area contributed by atoms with Crippen LogP contribution in [0.5, 0.6) is 5.75 Å². The van der Waals surface area contributed by atoms with E-state index in [0.717, 1.165) is 16.7 Å². The van der Waals surface area contributed by atoms with Crippen LogP contribution < -0.4 is 16.0 Å². The number of nitrogen functional groups attached to an aromatic ring is 1. The van der Waals surface area contributed by atoms with Crippen LogP contribution >= 0.6 is 0 Å². The van der Waals surface area contributed by atoms with Gasteiger partial charge in [-0.2, -0.15) is 5.10 Å². The Kier molecular flexibility index (Phi) is 5.15. The summed E-state index contributed by atoms with van der Waals surface area (Å²) in [5.74, 6) is -1.37. The molecular formula is C20H17F2N5O3. The second kappa shape index (κ2) is 7.91. The first-order chi connectivity index (χ1) is 14.5. The second-order valence-corrected chi connectivity index (χ2v) is 6.37. The summed E-state index contributed by atoms with van der Waals surface area (Å²) in [4.78, 5) is 17.3. The molecule has 0 spiro atoms. The van der Waals surface area contributed by atoms with E-state index >= 15 is 0 Å². The van der Waals surface area contributed by atoms with E-state index in [0.29, 0.717) is 35.7 Å². The number of aromatic nitrogens is 4. The highest BCUT2D eigenvalue weighted by atomic mass is 19.1. The van der Waals surface area contributed by atoms with Gasteiger partial charge in [-0.05, 0) is 18.2 Å². The maximum Gasteiger partial charge on any atom is 0.268 e. The Labute approximate surface area is 168 Å². The van der Waals surface area contributed by atoms with Crippen molar-refractivity contribution in [3.63, 3.8) is 0 Å². The molecule has 0 saturated heterocycles. The zero-order chi connectivity index (χ0) is 21.3. The molecule has 0 aliphatic heterocycles. The van der Waals surface area contributed by atoms with Crippen molar-refractivity contribution in [2.75, 3.05) is 26.1 Å². The van der Waals surface area contributed by atoms with Crippen LogP contribution in [0, 0.1) is 11.6 Å². The van der Waals surface area contributed by atoms with Gasteiger partial charge in [0.05, 0.1) is 17.8 Å². The molecule has 3 heterocycles. The molecule has 0 atom stereocenters. The van der Waals surface area contributed by atoms with E-state index in [-0.39, 0.29) is 11.2 Å². The van der Waals surface area contributed by atoms with Gasteiger partial charge in [0.2, 0.25) is 0 Å². The zero-order valence-electron chi connectivity index (χ0n) is 15.9. The van der Waals surface area contributed by atoms with E-state index in [1.807, 2.05) is 0 Å². The third kappa shape index (κ3) is 3.37. The lowest BCUT2D eigenvalue weighted by Gasteiger charge is -2.12. The number of nitrogens with two attached hydrogens (primary N) is 1. The Hall–Kier alpha value is -3.79. The number of halogens is 2. The summed E-state index contributed by atoms with van der Waals surface area (Å²) >= 11 is 0. The molecule has 8 nitrogen and oxygen atoms in total. The van der Waals surface area contributed by atoms with Crippen molar-refractivity contribution in [2.24, 2.45) is 0 Å². The lowest BCUT2D eigenvalue weighted by molar-refractivity contribution is 0.146. The molecule has 0 aliphatic rings. The average Bonchev–Trinajstić information content (AvgIpc) is 3.12. The fourth-order valence-electron chi connectivity index (χ4n) is 3.11. The molecule has 1 aromatic carbocycles. The number of aromatic amines is 1. The average molecular weight is 413 g/mol. The zero-order valence-corrected chi connectivity index (χ0v) is 15.9. The van der Waals surface area contributed by atoms with Crippen LogP contribution in [-0.4, -0.2) is 40.1 Å². The van der Waals surface area contributed by atoms with Crippen LogP contribution in [-0.2, 0) is 4.74 Å². The highest BCUT2D eigenvalue weighted by molar-refractivity contribution is 5.97. The summed E-state index contributed by atoms with van der Waals surface area (Å²) in [6, 6.07) is 6.64. The minimum Gasteiger partial charge on any atom is -0.491 e. The second-order valence-electron chi connectivity index (χ2n) is 6.37. The van der Waals surface area contributed by atoms with E-state index in [1.54, 1.807) is 19.2 Å². The molecule has 0 bridgehead atoms. The normalized spacial score (nSPS) is 11.2. The predicted octanol–water partition coefficient (Wildman–Crippen LogP) is 2.66. The minimum atomic E-state index is -0.894. The van der Waals surface area contributed by atoms with Crippen molar-refractivity contribution >= 4 is 16.7 Å². The van der Waals surface area contributed by atoms with Crippen LogP contribution in [0.4, 0.5) is 14.6 Å². The van der Waals surface area contributed by atoms with Crippen LogP contribution in [0.15, 0.2) is 47.5 Å². The maximum atomic E-state index is 14.4. The third-order valence-electron chi connectivity index (χ3n) is 4.50. The fourth-order valence-corrected chi connectivity index (χ4v) is 3.11. The number of benzene rings is 1. The van der Waals surface area contributed by atoms with Gasteiger partial charge in [0.25, 0.3) is 5.56 Å². The molecule has 0 unspecified atom stereocenters. The summed E-state index contributed by atoms with van der Waals surface area (Å²) < 4.78 is 40.3. The molecule has 30 heavy (non-hydrogen) atoms. The van der Waals surface area contributed by atoms with Crippen molar-refractivity contribution in [3.8, 4) is 22.7 Å². The fraction of sp³-hybridized carbons (Fsp3) is 0.150. The van der Waals surface area contributed by atoms with Gasteiger partial charge in [-0.3, -0.25) is 19.4 Å². The Morgan fingerprint density at radius 3 is 2.70 bits per heavy atom. The van der Waals surface area contributed by atoms with Crippen molar-refractivity contribution in [1.82, 2.24) is 19.7 Å². The van der Waals surface area contributed by atoms with Gasteiger partial charge < -0.3 is 15.2 Å². The molecule has 0 radical (unpaired) electrons. The van der Waals surface area contributed by atoms with Crippen LogP contribution in [0.3, 0.4) is 0 Å². The van der Waals surface area contributed by atoms with E-state index in [4.69, 9.17) is 15.2 Å². The van der Waals surface area contributed by atoms with Crippen LogP contribution in [0.1, 0.15) is 0 Å². The lowest BCUT2D eigenvalue weighted by Crippen LogP contribution is -2.21. The number of fused-ring (bicyclic) bond motifs is 1. The number of para-hydroxylation sites is 1. The molecule has 3 N–H and O–H groups in total. The van der Waals surface area contributed by atoms with Crippen molar-refractivity contribution in [1.29, 1.82) is 0 Å². The van der Waals surface area contributed by atoms with Gasteiger partial charge in [0, 0.05) is 31.1 Å². The number of nitrogens with zero attached hydrogens (tertiary/aromatic N) is 3. The molecule has 10 heteroatoms. The van der Waals surface area contributed by atoms with Gasteiger partial charge in [-0.1, -0.05) is 6.07 Å². The highest BCUT2D eigenvalue weighted by Crippen LogP contribution is 2.30. The molecule has 4 aromatic rings. The van der Waals surface area contributed by atoms with E-state index < -0.39 is 22.9 Å². The first-order valence-corrected chi connectivity index (χ1v) is 8.93. The Morgan fingerprint density at radius 1 is 1.20 bits per heavy atom. The number of nitrogens with one attached hydrogen (secondary N) is 1. The number of methoxy groups -OCH3 is 1. The number of ether oxygens (including phenoxy) is 2. The summed E-state index contributed by atoms with van der Waals surface area (Å²) in [5.41, 5.74) is 5.69. The van der Waals surface area contributed by atoms with Crippen molar-refractivity contribution in [3.05, 3.63) is 64.7 Å². The van der Waals surface area contributed by atoms with Gasteiger partial charge in [-0.15, -0.1) is 0 Å². The molecule has 0 saturated carbocycles. The van der Waals surface area contributed by atoms with Gasteiger partial charge in [0.1, 0.15) is 35.1 Å².